The minimum Gasteiger partial charge on any atom is -0.507 e. The van der Waals surface area contributed by atoms with E-state index in [1.807, 2.05) is 17.9 Å². The van der Waals surface area contributed by atoms with Crippen molar-refractivity contribution >= 4 is 5.91 Å². The van der Waals surface area contributed by atoms with Gasteiger partial charge in [0.25, 0.3) is 5.91 Å². The molecule has 0 bridgehead atoms. The van der Waals surface area contributed by atoms with Gasteiger partial charge in [-0.25, -0.2) is 0 Å². The fraction of sp³-hybridized carbons (Fsp3) is 0.696. The fourth-order valence-corrected chi connectivity index (χ4v) is 5.28. The molecule has 3 fully saturated rings. The molecule has 3 aliphatic heterocycles. The minimum atomic E-state index is -0.0474. The van der Waals surface area contributed by atoms with Crippen LogP contribution in [0.25, 0.3) is 0 Å². The van der Waals surface area contributed by atoms with E-state index >= 15 is 0 Å². The molecule has 5 heteroatoms. The van der Waals surface area contributed by atoms with E-state index in [0.717, 1.165) is 57.0 Å². The number of hydrogen-bond acceptors (Lipinski definition) is 4. The Bertz CT molecular complexity index is 712. The predicted molar refractivity (Wildman–Crippen MR) is 110 cm³/mol. The Morgan fingerprint density at radius 2 is 2.07 bits per heavy atom. The van der Waals surface area contributed by atoms with Crippen LogP contribution >= 0.6 is 0 Å². The molecule has 0 aromatic heterocycles. The molecule has 2 unspecified atom stereocenters. The minimum absolute atomic E-state index is 0.0474. The summed E-state index contributed by atoms with van der Waals surface area (Å²) < 4.78 is 6.21. The molecule has 1 aromatic rings. The molecule has 1 aromatic carbocycles. The van der Waals surface area contributed by atoms with E-state index in [1.165, 1.54) is 25.9 Å². The number of hydrogen-bond donors (Lipinski definition) is 1. The fourth-order valence-electron chi connectivity index (χ4n) is 5.28. The van der Waals surface area contributed by atoms with Crippen molar-refractivity contribution in [1.82, 2.24) is 9.80 Å². The van der Waals surface area contributed by atoms with Crippen molar-refractivity contribution in [2.45, 2.75) is 52.1 Å². The van der Waals surface area contributed by atoms with Crippen LogP contribution in [-0.2, 0) is 4.74 Å². The van der Waals surface area contributed by atoms with Gasteiger partial charge in [-0.15, -0.1) is 0 Å². The summed E-state index contributed by atoms with van der Waals surface area (Å²) in [4.78, 5) is 17.3. The van der Waals surface area contributed by atoms with Crippen molar-refractivity contribution in [1.29, 1.82) is 0 Å². The van der Waals surface area contributed by atoms with Crippen LogP contribution in [0.2, 0.25) is 0 Å². The maximum Gasteiger partial charge on any atom is 0.257 e. The largest absolute Gasteiger partial charge is 0.507 e. The number of aromatic hydroxyl groups is 1. The van der Waals surface area contributed by atoms with Crippen LogP contribution in [0.1, 0.15) is 54.9 Å². The van der Waals surface area contributed by atoms with E-state index in [0.29, 0.717) is 11.7 Å². The number of nitrogens with zero attached hydrogens (tertiary/aromatic N) is 2. The Labute approximate surface area is 168 Å². The number of likely N-dealkylation sites (tertiary alicyclic amines) is 2. The molecular weight excluding hydrogens is 352 g/mol. The number of phenolic OH excluding ortho intramolecular Hbond substituents is 1. The standard InChI is InChI=1S/C23H34N2O3/c1-17-5-6-21(26)20(12-17)22(27)25-10-7-23(8-11-25)13-19(28-16-23)15-24-9-3-4-18(2)14-24/h5-6,12,18-19,26H,3-4,7-11,13-16H2,1-2H3. The van der Waals surface area contributed by atoms with Crippen LogP contribution in [0.4, 0.5) is 0 Å². The predicted octanol–water partition coefficient (Wildman–Crippen LogP) is 3.44. The van der Waals surface area contributed by atoms with E-state index in [2.05, 4.69) is 11.8 Å². The number of carbonyl (C=O) groups excluding carboxylic acids is 1. The summed E-state index contributed by atoms with van der Waals surface area (Å²) in [6.45, 7) is 10.1. The van der Waals surface area contributed by atoms with Gasteiger partial charge in [0.1, 0.15) is 5.75 Å². The van der Waals surface area contributed by atoms with E-state index in [1.54, 1.807) is 12.1 Å². The summed E-state index contributed by atoms with van der Waals surface area (Å²) in [6, 6.07) is 5.23. The van der Waals surface area contributed by atoms with Crippen LogP contribution < -0.4 is 0 Å². The van der Waals surface area contributed by atoms with E-state index in [4.69, 9.17) is 4.74 Å². The van der Waals surface area contributed by atoms with Crippen LogP contribution in [0.3, 0.4) is 0 Å². The smallest absolute Gasteiger partial charge is 0.257 e. The lowest BCUT2D eigenvalue weighted by atomic mass is 9.76. The van der Waals surface area contributed by atoms with E-state index in [9.17, 15) is 9.90 Å². The number of aryl methyl sites for hydroxylation is 1. The summed E-state index contributed by atoms with van der Waals surface area (Å²) in [5.41, 5.74) is 1.65. The van der Waals surface area contributed by atoms with Gasteiger partial charge in [0, 0.05) is 26.2 Å². The monoisotopic (exact) mass is 386 g/mol. The highest BCUT2D eigenvalue weighted by atomic mass is 16.5. The molecule has 1 amide bonds. The van der Waals surface area contributed by atoms with Crippen molar-refractivity contribution in [3.8, 4) is 5.75 Å². The highest BCUT2D eigenvalue weighted by Gasteiger charge is 2.43. The van der Waals surface area contributed by atoms with Gasteiger partial charge in [0.2, 0.25) is 0 Å². The Morgan fingerprint density at radius 1 is 1.29 bits per heavy atom. The Morgan fingerprint density at radius 3 is 2.82 bits per heavy atom. The lowest BCUT2D eigenvalue weighted by Gasteiger charge is -2.39. The Kier molecular flexibility index (Phi) is 5.66. The molecule has 2 atom stereocenters. The quantitative estimate of drug-likeness (QED) is 0.865. The number of amides is 1. The molecule has 28 heavy (non-hydrogen) atoms. The first-order valence-electron chi connectivity index (χ1n) is 10.9. The first-order valence-corrected chi connectivity index (χ1v) is 10.9. The van der Waals surface area contributed by atoms with Crippen molar-refractivity contribution in [2.24, 2.45) is 11.3 Å². The first kappa shape index (κ1) is 19.7. The van der Waals surface area contributed by atoms with Crippen molar-refractivity contribution in [2.75, 3.05) is 39.3 Å². The zero-order valence-corrected chi connectivity index (χ0v) is 17.3. The van der Waals surface area contributed by atoms with Gasteiger partial charge in [-0.05, 0) is 69.0 Å². The summed E-state index contributed by atoms with van der Waals surface area (Å²) in [7, 11) is 0. The number of ether oxygens (including phenoxy) is 1. The molecule has 0 saturated carbocycles. The first-order chi connectivity index (χ1) is 13.4. The number of benzene rings is 1. The van der Waals surface area contributed by atoms with Gasteiger partial charge in [0.05, 0.1) is 18.3 Å². The van der Waals surface area contributed by atoms with E-state index in [-0.39, 0.29) is 17.1 Å². The van der Waals surface area contributed by atoms with Gasteiger partial charge in [-0.2, -0.15) is 0 Å². The zero-order chi connectivity index (χ0) is 19.7. The molecule has 5 nitrogen and oxygen atoms in total. The molecule has 3 saturated heterocycles. The SMILES string of the molecule is Cc1ccc(O)c(C(=O)N2CCC3(CC2)COC(CN2CCCC(C)C2)C3)c1. The van der Waals surface area contributed by atoms with Crippen molar-refractivity contribution in [3.05, 3.63) is 29.3 Å². The normalized spacial score (nSPS) is 28.0. The second-order valence-electron chi connectivity index (χ2n) is 9.46. The maximum absolute atomic E-state index is 12.9. The van der Waals surface area contributed by atoms with Crippen LogP contribution in [0, 0.1) is 18.3 Å². The highest BCUT2D eigenvalue weighted by molar-refractivity contribution is 5.97. The average Bonchev–Trinajstić information content (AvgIpc) is 3.06. The summed E-state index contributed by atoms with van der Waals surface area (Å²) in [5.74, 6) is 0.834. The zero-order valence-electron chi connectivity index (χ0n) is 17.3. The molecule has 1 N–H and O–H groups in total. The lowest BCUT2D eigenvalue weighted by molar-refractivity contribution is 0.0401. The van der Waals surface area contributed by atoms with Gasteiger partial charge >= 0.3 is 0 Å². The Balaban J connectivity index is 1.31. The van der Waals surface area contributed by atoms with E-state index < -0.39 is 0 Å². The van der Waals surface area contributed by atoms with Crippen molar-refractivity contribution < 1.29 is 14.6 Å². The number of rotatable bonds is 3. The molecule has 4 rings (SSSR count). The number of piperidine rings is 2. The summed E-state index contributed by atoms with van der Waals surface area (Å²) in [5, 5.41) is 10.1. The second kappa shape index (κ2) is 8.03. The summed E-state index contributed by atoms with van der Waals surface area (Å²) >= 11 is 0. The maximum atomic E-state index is 12.9. The molecule has 0 aliphatic carbocycles. The topological polar surface area (TPSA) is 53.0 Å². The third kappa shape index (κ3) is 4.20. The molecule has 154 valence electrons. The molecule has 3 heterocycles. The molecule has 3 aliphatic rings. The number of carbonyl (C=O) groups is 1. The van der Waals surface area contributed by atoms with Gasteiger partial charge in [-0.1, -0.05) is 18.6 Å². The Hall–Kier alpha value is -1.59. The van der Waals surface area contributed by atoms with Crippen LogP contribution in [-0.4, -0.2) is 66.2 Å². The lowest BCUT2D eigenvalue weighted by Crippen LogP contribution is -2.44. The third-order valence-corrected chi connectivity index (χ3v) is 6.98. The van der Waals surface area contributed by atoms with Gasteiger partial charge in [0.15, 0.2) is 0 Å². The van der Waals surface area contributed by atoms with Crippen molar-refractivity contribution in [3.63, 3.8) is 0 Å². The summed E-state index contributed by atoms with van der Waals surface area (Å²) in [6.07, 6.45) is 6.12. The van der Waals surface area contributed by atoms with Crippen LogP contribution in [0.15, 0.2) is 18.2 Å². The van der Waals surface area contributed by atoms with Gasteiger partial charge in [-0.3, -0.25) is 4.79 Å². The molecule has 0 radical (unpaired) electrons. The third-order valence-electron chi connectivity index (χ3n) is 6.98. The molecule has 1 spiro atoms. The average molecular weight is 387 g/mol. The number of phenols is 1. The van der Waals surface area contributed by atoms with Crippen LogP contribution in [0.5, 0.6) is 5.75 Å². The second-order valence-corrected chi connectivity index (χ2v) is 9.46. The van der Waals surface area contributed by atoms with Gasteiger partial charge < -0.3 is 19.6 Å². The highest BCUT2D eigenvalue weighted by Crippen LogP contribution is 2.42. The molecular formula is C23H34N2O3.